The van der Waals surface area contributed by atoms with E-state index in [1.54, 1.807) is 0 Å². The van der Waals surface area contributed by atoms with Crippen molar-refractivity contribution in [2.75, 3.05) is 12.3 Å². The molecule has 30 heavy (non-hydrogen) atoms. The highest BCUT2D eigenvalue weighted by Crippen LogP contribution is 2.39. The summed E-state index contributed by atoms with van der Waals surface area (Å²) >= 11 is 0. The van der Waals surface area contributed by atoms with Crippen LogP contribution in [0.2, 0.25) is 0 Å². The van der Waals surface area contributed by atoms with Crippen LogP contribution in [0.4, 0.5) is 5.82 Å². The summed E-state index contributed by atoms with van der Waals surface area (Å²) in [5, 5.41) is 15.5. The zero-order valence-corrected chi connectivity index (χ0v) is 16.7. The van der Waals surface area contributed by atoms with Gasteiger partial charge in [-0.2, -0.15) is 5.10 Å². The summed E-state index contributed by atoms with van der Waals surface area (Å²) in [5.74, 6) is 1.06. The van der Waals surface area contributed by atoms with Crippen LogP contribution >= 0.6 is 0 Å². The van der Waals surface area contributed by atoms with Gasteiger partial charge in [0.2, 0.25) is 0 Å². The number of hydrogen-bond donors (Lipinski definition) is 2. The predicted molar refractivity (Wildman–Crippen MR) is 115 cm³/mol. The molecule has 0 spiro atoms. The summed E-state index contributed by atoms with van der Waals surface area (Å²) in [4.78, 5) is 8.74. The second kappa shape index (κ2) is 7.42. The summed E-state index contributed by atoms with van der Waals surface area (Å²) in [7, 11) is 0. The molecule has 2 aromatic carbocycles. The molecule has 5 rings (SSSR count). The van der Waals surface area contributed by atoms with E-state index in [9.17, 15) is 5.11 Å². The molecule has 1 atom stereocenters. The molecule has 0 aliphatic heterocycles. The van der Waals surface area contributed by atoms with Crippen molar-refractivity contribution in [3.8, 4) is 17.0 Å². The minimum atomic E-state index is -0.121. The molecule has 0 saturated heterocycles. The molecule has 152 valence electrons. The molecule has 0 radical (unpaired) electrons. The summed E-state index contributed by atoms with van der Waals surface area (Å²) in [5.41, 5.74) is 11.9. The molecule has 0 saturated carbocycles. The first-order chi connectivity index (χ1) is 14.7. The van der Waals surface area contributed by atoms with Crippen LogP contribution < -0.4 is 10.5 Å². The molecule has 1 aliphatic rings. The number of benzene rings is 2. The number of aliphatic hydroxyl groups excluding tert-OH is 1. The van der Waals surface area contributed by atoms with Crippen molar-refractivity contribution in [2.24, 2.45) is 0 Å². The van der Waals surface area contributed by atoms with Gasteiger partial charge < -0.3 is 15.6 Å². The number of rotatable bonds is 5. The van der Waals surface area contributed by atoms with Gasteiger partial charge in [-0.1, -0.05) is 24.3 Å². The number of aliphatic hydroxyl groups is 1. The lowest BCUT2D eigenvalue weighted by molar-refractivity contribution is 0.267. The average molecular weight is 401 g/mol. The summed E-state index contributed by atoms with van der Waals surface area (Å²) in [6.07, 6.45) is 3.46. The van der Waals surface area contributed by atoms with E-state index in [1.165, 1.54) is 17.5 Å². The van der Waals surface area contributed by atoms with Crippen molar-refractivity contribution in [1.82, 2.24) is 19.7 Å². The molecule has 2 heterocycles. The Morgan fingerprint density at radius 1 is 1.20 bits per heavy atom. The van der Waals surface area contributed by atoms with E-state index >= 15 is 0 Å². The van der Waals surface area contributed by atoms with Gasteiger partial charge in [0.15, 0.2) is 5.65 Å². The third-order valence-corrected chi connectivity index (χ3v) is 5.72. The van der Waals surface area contributed by atoms with Crippen LogP contribution in [0.3, 0.4) is 0 Å². The quantitative estimate of drug-likeness (QED) is 0.531. The highest BCUT2D eigenvalue weighted by atomic mass is 16.5. The van der Waals surface area contributed by atoms with E-state index in [-0.39, 0.29) is 12.6 Å². The molecule has 4 aromatic rings. The highest BCUT2D eigenvalue weighted by Gasteiger charge is 2.28. The van der Waals surface area contributed by atoms with Crippen LogP contribution in [0.15, 0.2) is 48.8 Å². The summed E-state index contributed by atoms with van der Waals surface area (Å²) in [6, 6.07) is 14.3. The minimum absolute atomic E-state index is 0.103. The third kappa shape index (κ3) is 2.90. The number of nitrogens with two attached hydrogens (primary N) is 1. The monoisotopic (exact) mass is 401 g/mol. The topological polar surface area (TPSA) is 99.1 Å². The molecule has 1 unspecified atom stereocenters. The zero-order valence-electron chi connectivity index (χ0n) is 16.7. The molecular weight excluding hydrogens is 378 g/mol. The van der Waals surface area contributed by atoms with Crippen molar-refractivity contribution >= 4 is 16.9 Å². The minimum Gasteiger partial charge on any atom is -0.494 e. The largest absolute Gasteiger partial charge is 0.494 e. The number of anilines is 1. The Labute approximate surface area is 174 Å². The van der Waals surface area contributed by atoms with Gasteiger partial charge in [-0.05, 0) is 49.1 Å². The lowest BCUT2D eigenvalue weighted by Crippen LogP contribution is -2.10. The molecule has 0 bridgehead atoms. The van der Waals surface area contributed by atoms with E-state index in [1.807, 2.05) is 29.8 Å². The second-order valence-electron chi connectivity index (χ2n) is 7.42. The third-order valence-electron chi connectivity index (χ3n) is 5.72. The van der Waals surface area contributed by atoms with Gasteiger partial charge >= 0.3 is 0 Å². The van der Waals surface area contributed by atoms with E-state index in [0.29, 0.717) is 29.4 Å². The smallest absolute Gasteiger partial charge is 0.164 e. The van der Waals surface area contributed by atoms with Gasteiger partial charge in [0.1, 0.15) is 23.6 Å². The Hall–Kier alpha value is -3.45. The summed E-state index contributed by atoms with van der Waals surface area (Å²) < 4.78 is 7.60. The number of nitrogens with zero attached hydrogens (tertiary/aromatic N) is 4. The van der Waals surface area contributed by atoms with E-state index in [0.717, 1.165) is 29.4 Å². The number of ether oxygens (including phenoxy) is 1. The van der Waals surface area contributed by atoms with Crippen LogP contribution in [-0.2, 0) is 13.0 Å². The van der Waals surface area contributed by atoms with Crippen molar-refractivity contribution in [3.63, 3.8) is 0 Å². The molecule has 2 aromatic heterocycles. The molecule has 7 nitrogen and oxygen atoms in total. The lowest BCUT2D eigenvalue weighted by Gasteiger charge is -2.13. The van der Waals surface area contributed by atoms with E-state index in [4.69, 9.17) is 15.6 Å². The second-order valence-corrected chi connectivity index (χ2v) is 7.42. The van der Waals surface area contributed by atoms with Crippen molar-refractivity contribution in [1.29, 1.82) is 0 Å². The Morgan fingerprint density at radius 2 is 2.07 bits per heavy atom. The number of hydrogen-bond acceptors (Lipinski definition) is 6. The van der Waals surface area contributed by atoms with Crippen LogP contribution in [0.5, 0.6) is 5.75 Å². The number of aryl methyl sites for hydroxylation is 1. The fraction of sp³-hybridized carbons (Fsp3) is 0.261. The molecular formula is C23H23N5O2. The Kier molecular flexibility index (Phi) is 4.59. The van der Waals surface area contributed by atoms with Gasteiger partial charge in [-0.15, -0.1) is 0 Å². The maximum Gasteiger partial charge on any atom is 0.164 e. The Bertz CT molecular complexity index is 1230. The van der Waals surface area contributed by atoms with Crippen LogP contribution in [-0.4, -0.2) is 31.5 Å². The maximum absolute atomic E-state index is 9.82. The molecule has 7 heteroatoms. The van der Waals surface area contributed by atoms with Crippen LogP contribution in [0.25, 0.3) is 22.3 Å². The van der Waals surface area contributed by atoms with Gasteiger partial charge in [-0.25, -0.2) is 14.6 Å². The van der Waals surface area contributed by atoms with E-state index < -0.39 is 0 Å². The van der Waals surface area contributed by atoms with E-state index in [2.05, 4.69) is 34.2 Å². The predicted octanol–water partition coefficient (Wildman–Crippen LogP) is 3.50. The molecule has 1 aliphatic carbocycles. The first-order valence-electron chi connectivity index (χ1n) is 10.1. The molecule has 0 amide bonds. The Balaban J connectivity index is 1.70. The van der Waals surface area contributed by atoms with Gasteiger partial charge in [0, 0.05) is 11.1 Å². The van der Waals surface area contributed by atoms with Gasteiger partial charge in [0.05, 0.1) is 24.6 Å². The highest BCUT2D eigenvalue weighted by molar-refractivity contribution is 5.98. The SMILES string of the molecule is CCOc1ccc(-c2nn(C3CCc4ccccc43)c3ncnc(N)c23)cc1CO. The van der Waals surface area contributed by atoms with Crippen molar-refractivity contribution in [3.05, 3.63) is 65.5 Å². The first kappa shape index (κ1) is 18.6. The van der Waals surface area contributed by atoms with Gasteiger partial charge in [-0.3, -0.25) is 0 Å². The molecule has 3 N–H and O–H groups in total. The fourth-order valence-electron chi connectivity index (χ4n) is 4.35. The average Bonchev–Trinajstić information content (AvgIpc) is 3.36. The number of fused-ring (bicyclic) bond motifs is 2. The number of nitrogen functional groups attached to an aromatic ring is 1. The Morgan fingerprint density at radius 3 is 2.90 bits per heavy atom. The fourth-order valence-corrected chi connectivity index (χ4v) is 4.35. The summed E-state index contributed by atoms with van der Waals surface area (Å²) in [6.45, 7) is 2.33. The molecule has 0 fully saturated rings. The van der Waals surface area contributed by atoms with Crippen molar-refractivity contribution in [2.45, 2.75) is 32.4 Å². The van der Waals surface area contributed by atoms with Crippen LogP contribution in [0, 0.1) is 0 Å². The maximum atomic E-state index is 9.82. The standard InChI is InChI=1S/C23H23N5O2/c1-2-30-19-10-8-15(11-16(19)12-29)21-20-22(24)25-13-26-23(20)28(27-21)18-9-7-14-5-3-4-6-17(14)18/h3-6,8,10-11,13,18,29H,2,7,9,12H2,1H3,(H2,24,25,26). The van der Waals surface area contributed by atoms with Crippen LogP contribution in [0.1, 0.15) is 36.1 Å². The normalized spacial score (nSPS) is 15.5. The zero-order chi connectivity index (χ0) is 20.7. The first-order valence-corrected chi connectivity index (χ1v) is 10.1. The lowest BCUT2D eigenvalue weighted by atomic mass is 10.1. The van der Waals surface area contributed by atoms with Crippen molar-refractivity contribution < 1.29 is 9.84 Å². The number of aromatic nitrogens is 4. The van der Waals surface area contributed by atoms with Gasteiger partial charge in [0.25, 0.3) is 0 Å².